The molecule has 1 amide bonds. The van der Waals surface area contributed by atoms with Crippen LogP contribution in [0.1, 0.15) is 0 Å². The van der Waals surface area contributed by atoms with E-state index < -0.39 is 26.5 Å². The van der Waals surface area contributed by atoms with Crippen molar-refractivity contribution in [2.45, 2.75) is 4.90 Å². The maximum absolute atomic E-state index is 12.7. The number of nitrogens with zero attached hydrogens (tertiary/aromatic N) is 1. The van der Waals surface area contributed by atoms with E-state index in [1.807, 2.05) is 30.3 Å². The van der Waals surface area contributed by atoms with Gasteiger partial charge < -0.3 is 4.74 Å². The number of nitrogens with one attached hydrogen (secondary N) is 3. The van der Waals surface area contributed by atoms with Crippen molar-refractivity contribution in [3.05, 3.63) is 100 Å². The Bertz CT molecular complexity index is 1560. The summed E-state index contributed by atoms with van der Waals surface area (Å²) in [6, 6.07) is 22.3. The van der Waals surface area contributed by atoms with Gasteiger partial charge in [-0.15, -0.1) is 0 Å². The number of ether oxygens (including phenoxy) is 1. The molecule has 0 spiro atoms. The van der Waals surface area contributed by atoms with Crippen LogP contribution in [0.25, 0.3) is 10.8 Å². The Labute approximate surface area is 211 Å². The fourth-order valence-electron chi connectivity index (χ4n) is 3.28. The smallest absolute Gasteiger partial charge is 0.295 e. The van der Waals surface area contributed by atoms with Gasteiger partial charge in [-0.3, -0.25) is 30.5 Å². The van der Waals surface area contributed by atoms with Gasteiger partial charge in [0.15, 0.2) is 6.61 Å². The molecule has 0 saturated carbocycles. The summed E-state index contributed by atoms with van der Waals surface area (Å²) in [6.45, 7) is -0.352. The molecule has 4 rings (SSSR count). The highest BCUT2D eigenvalue weighted by atomic mass is 35.5. The van der Waals surface area contributed by atoms with Gasteiger partial charge in [0, 0.05) is 11.1 Å². The third-order valence-electron chi connectivity index (χ3n) is 4.98. The summed E-state index contributed by atoms with van der Waals surface area (Å²) >= 11 is 5.87. The molecule has 3 N–H and O–H groups in total. The van der Waals surface area contributed by atoms with Crippen molar-refractivity contribution in [1.29, 1.82) is 0 Å². The highest BCUT2D eigenvalue weighted by Gasteiger charge is 2.22. The van der Waals surface area contributed by atoms with Crippen molar-refractivity contribution in [2.24, 2.45) is 0 Å². The largest absolute Gasteiger partial charge is 0.484 e. The Hall–Kier alpha value is -4.35. The number of halogens is 1. The van der Waals surface area contributed by atoms with E-state index in [1.54, 1.807) is 24.3 Å². The minimum Gasteiger partial charge on any atom is -0.484 e. The van der Waals surface area contributed by atoms with Crippen molar-refractivity contribution < 1.29 is 22.9 Å². The third kappa shape index (κ3) is 6.01. The first-order valence-electron chi connectivity index (χ1n) is 10.4. The fourth-order valence-corrected chi connectivity index (χ4v) is 4.54. The fraction of sp³-hybridized carbons (Fsp3) is 0.0417. The summed E-state index contributed by atoms with van der Waals surface area (Å²) < 4.78 is 33.2. The lowest BCUT2D eigenvalue weighted by Crippen LogP contribution is -2.33. The molecular formula is C24H19ClN4O6S. The lowest BCUT2D eigenvalue weighted by molar-refractivity contribution is -0.384. The average Bonchev–Trinajstić information content (AvgIpc) is 2.85. The van der Waals surface area contributed by atoms with Crippen LogP contribution in [0.2, 0.25) is 5.02 Å². The number of benzene rings is 4. The van der Waals surface area contributed by atoms with Crippen LogP contribution < -0.4 is 20.3 Å². The Balaban J connectivity index is 1.41. The number of amides is 1. The summed E-state index contributed by atoms with van der Waals surface area (Å²) in [5.41, 5.74) is 4.28. The lowest BCUT2D eigenvalue weighted by atomic mass is 10.1. The quantitative estimate of drug-likeness (QED) is 0.212. The molecule has 0 fully saturated rings. The van der Waals surface area contributed by atoms with Crippen LogP contribution in [-0.4, -0.2) is 25.9 Å². The van der Waals surface area contributed by atoms with Crippen LogP contribution >= 0.6 is 11.6 Å². The number of anilines is 2. The summed E-state index contributed by atoms with van der Waals surface area (Å²) in [7, 11) is -4.14. The van der Waals surface area contributed by atoms with Gasteiger partial charge in [0.1, 0.15) is 11.4 Å². The summed E-state index contributed by atoms with van der Waals surface area (Å²) in [5, 5.41) is 13.9. The molecule has 12 heteroatoms. The Morgan fingerprint density at radius 1 is 0.944 bits per heavy atom. The van der Waals surface area contributed by atoms with Crippen LogP contribution in [0.15, 0.2) is 89.8 Å². The number of sulfonamides is 1. The van der Waals surface area contributed by atoms with Gasteiger partial charge in [0.25, 0.3) is 21.6 Å². The zero-order chi connectivity index (χ0) is 25.7. The number of hydrazine groups is 1. The molecular weight excluding hydrogens is 508 g/mol. The van der Waals surface area contributed by atoms with Crippen LogP contribution in [-0.2, 0) is 14.8 Å². The first-order chi connectivity index (χ1) is 17.2. The molecule has 0 radical (unpaired) electrons. The molecule has 0 saturated heterocycles. The van der Waals surface area contributed by atoms with E-state index in [0.29, 0.717) is 10.8 Å². The minimum atomic E-state index is -4.14. The lowest BCUT2D eigenvalue weighted by Gasteiger charge is -2.12. The van der Waals surface area contributed by atoms with E-state index in [4.69, 9.17) is 16.3 Å². The van der Waals surface area contributed by atoms with Gasteiger partial charge in [-0.25, -0.2) is 8.42 Å². The Kier molecular flexibility index (Phi) is 7.23. The molecule has 0 aliphatic rings. The number of hydrogen-bond donors (Lipinski definition) is 3. The molecule has 0 atom stereocenters. The molecule has 0 heterocycles. The maximum atomic E-state index is 12.7. The summed E-state index contributed by atoms with van der Waals surface area (Å²) in [6.07, 6.45) is 0. The number of rotatable bonds is 9. The maximum Gasteiger partial charge on any atom is 0.295 e. The predicted molar refractivity (Wildman–Crippen MR) is 137 cm³/mol. The number of nitro benzene ring substituents is 1. The number of fused-ring (bicyclic) bond motifs is 1. The first-order valence-corrected chi connectivity index (χ1v) is 12.3. The molecule has 0 aromatic heterocycles. The van der Waals surface area contributed by atoms with Crippen molar-refractivity contribution in [1.82, 2.24) is 5.43 Å². The second-order valence-corrected chi connectivity index (χ2v) is 9.64. The number of nitro groups is 1. The van der Waals surface area contributed by atoms with Crippen molar-refractivity contribution in [2.75, 3.05) is 16.8 Å². The van der Waals surface area contributed by atoms with Crippen molar-refractivity contribution in [3.8, 4) is 5.75 Å². The first kappa shape index (κ1) is 24.8. The van der Waals surface area contributed by atoms with E-state index in [1.165, 1.54) is 24.3 Å². The van der Waals surface area contributed by atoms with E-state index in [0.717, 1.165) is 16.8 Å². The molecule has 4 aromatic rings. The number of hydrogen-bond acceptors (Lipinski definition) is 7. The van der Waals surface area contributed by atoms with E-state index in [2.05, 4.69) is 15.6 Å². The van der Waals surface area contributed by atoms with Gasteiger partial charge in [-0.2, -0.15) is 0 Å². The SMILES string of the molecule is O=C(COc1ccc2ccccc2c1)NNc1ccc(S(=O)(=O)Nc2cccc(Cl)c2)cc1[N+](=O)[O-]. The topological polar surface area (TPSA) is 140 Å². The molecule has 0 unspecified atom stereocenters. The van der Waals surface area contributed by atoms with Gasteiger partial charge in [0.05, 0.1) is 15.5 Å². The highest BCUT2D eigenvalue weighted by molar-refractivity contribution is 7.92. The van der Waals surface area contributed by atoms with Crippen LogP contribution in [0, 0.1) is 10.1 Å². The molecule has 0 bridgehead atoms. The molecule has 0 aliphatic carbocycles. The van der Waals surface area contributed by atoms with Gasteiger partial charge in [0.2, 0.25) is 0 Å². The van der Waals surface area contributed by atoms with Gasteiger partial charge in [-0.05, 0) is 53.2 Å². The standard InChI is InChI=1S/C24H19ClN4O6S/c25-18-6-3-7-19(13-18)28-36(33,34)21-10-11-22(23(14-21)29(31)32)26-27-24(30)15-35-20-9-8-16-4-1-2-5-17(16)12-20/h1-14,26,28H,15H2,(H,27,30). The monoisotopic (exact) mass is 526 g/mol. The third-order valence-corrected chi connectivity index (χ3v) is 6.59. The average molecular weight is 527 g/mol. The van der Waals surface area contributed by atoms with Crippen LogP contribution in [0.4, 0.5) is 17.1 Å². The highest BCUT2D eigenvalue weighted by Crippen LogP contribution is 2.28. The Morgan fingerprint density at radius 2 is 1.72 bits per heavy atom. The van der Waals surface area contributed by atoms with Crippen LogP contribution in [0.5, 0.6) is 5.75 Å². The minimum absolute atomic E-state index is 0.110. The van der Waals surface area contributed by atoms with Gasteiger partial charge in [-0.1, -0.05) is 48.0 Å². The van der Waals surface area contributed by atoms with E-state index in [-0.39, 0.29) is 22.9 Å². The zero-order valence-corrected chi connectivity index (χ0v) is 20.0. The Morgan fingerprint density at radius 3 is 2.47 bits per heavy atom. The van der Waals surface area contributed by atoms with Crippen molar-refractivity contribution >= 4 is 55.4 Å². The van der Waals surface area contributed by atoms with E-state index in [9.17, 15) is 23.3 Å². The van der Waals surface area contributed by atoms with Gasteiger partial charge >= 0.3 is 0 Å². The van der Waals surface area contributed by atoms with Crippen LogP contribution in [0.3, 0.4) is 0 Å². The second kappa shape index (κ2) is 10.5. The molecule has 0 aliphatic heterocycles. The summed E-state index contributed by atoms with van der Waals surface area (Å²) in [4.78, 5) is 22.7. The number of carbonyl (C=O) groups excluding carboxylic acids is 1. The second-order valence-electron chi connectivity index (χ2n) is 7.52. The predicted octanol–water partition coefficient (Wildman–Crippen LogP) is 4.72. The number of carbonyl (C=O) groups is 1. The van der Waals surface area contributed by atoms with Crippen molar-refractivity contribution in [3.63, 3.8) is 0 Å². The normalized spacial score (nSPS) is 11.0. The molecule has 36 heavy (non-hydrogen) atoms. The zero-order valence-electron chi connectivity index (χ0n) is 18.5. The molecule has 4 aromatic carbocycles. The molecule has 184 valence electrons. The van der Waals surface area contributed by atoms with E-state index >= 15 is 0 Å². The molecule has 10 nitrogen and oxygen atoms in total. The summed E-state index contributed by atoms with van der Waals surface area (Å²) in [5.74, 6) is -0.117.